The average molecular weight is 347 g/mol. The minimum Gasteiger partial charge on any atom is -0.493 e. The molecule has 0 aliphatic carbocycles. The van der Waals surface area contributed by atoms with E-state index in [2.05, 4.69) is 5.32 Å². The van der Waals surface area contributed by atoms with E-state index in [1.54, 1.807) is 13.0 Å². The van der Waals surface area contributed by atoms with Crippen LogP contribution < -0.4 is 10.1 Å². The summed E-state index contributed by atoms with van der Waals surface area (Å²) in [5, 5.41) is 12.0. The number of carbonyl (C=O) groups is 2. The van der Waals surface area contributed by atoms with E-state index < -0.39 is 17.7 Å². The number of aromatic carboxylic acids is 1. The summed E-state index contributed by atoms with van der Waals surface area (Å²) in [7, 11) is 0. The smallest absolute Gasteiger partial charge is 0.339 e. The summed E-state index contributed by atoms with van der Waals surface area (Å²) >= 11 is 0. The summed E-state index contributed by atoms with van der Waals surface area (Å²) in [5.41, 5.74) is 0.673. The Balaban J connectivity index is 1.85. The number of hydrogen-bond acceptors (Lipinski definition) is 4. The number of rotatable bonds is 4. The number of benzene rings is 1. The zero-order valence-corrected chi connectivity index (χ0v) is 13.7. The van der Waals surface area contributed by atoms with Crippen LogP contribution >= 0.6 is 0 Å². The molecule has 0 saturated carbocycles. The number of carboxylic acids is 1. The van der Waals surface area contributed by atoms with Crippen LogP contribution in [0.2, 0.25) is 0 Å². The standard InChI is InChI=1S/C18H18FNO5/c1-2-14-12(18(22)23)9-16(25-14)17(21)20-13-4-3-7-24-15-8-10(19)5-6-11(13)15/h5-6,8-9,13H,2-4,7H2,1H3,(H,20,21)(H,22,23). The maximum absolute atomic E-state index is 13.4. The highest BCUT2D eigenvalue weighted by Gasteiger charge is 2.25. The second-order valence-electron chi connectivity index (χ2n) is 5.81. The zero-order valence-electron chi connectivity index (χ0n) is 13.7. The molecule has 2 aromatic rings. The number of hydrogen-bond donors (Lipinski definition) is 2. The second kappa shape index (κ2) is 6.96. The van der Waals surface area contributed by atoms with Crippen LogP contribution in [-0.2, 0) is 6.42 Å². The van der Waals surface area contributed by atoms with Gasteiger partial charge in [-0.1, -0.05) is 13.0 Å². The van der Waals surface area contributed by atoms with Crippen LogP contribution in [0.5, 0.6) is 5.75 Å². The Kier molecular flexibility index (Phi) is 4.74. The topological polar surface area (TPSA) is 88.8 Å². The predicted octanol–water partition coefficient (Wildman–Crippen LogP) is 3.32. The van der Waals surface area contributed by atoms with E-state index in [0.29, 0.717) is 37.2 Å². The lowest BCUT2D eigenvalue weighted by atomic mass is 10.0. The molecule has 1 aliphatic heterocycles. The van der Waals surface area contributed by atoms with Gasteiger partial charge in [0, 0.05) is 24.1 Å². The summed E-state index contributed by atoms with van der Waals surface area (Å²) in [5.74, 6) is -1.45. The first-order valence-electron chi connectivity index (χ1n) is 8.08. The molecule has 0 spiro atoms. The fraction of sp³-hybridized carbons (Fsp3) is 0.333. The lowest BCUT2D eigenvalue weighted by molar-refractivity contribution is 0.0694. The Morgan fingerprint density at radius 2 is 2.16 bits per heavy atom. The molecule has 25 heavy (non-hydrogen) atoms. The quantitative estimate of drug-likeness (QED) is 0.886. The predicted molar refractivity (Wildman–Crippen MR) is 86.4 cm³/mol. The molecule has 7 heteroatoms. The third-order valence-corrected chi connectivity index (χ3v) is 4.14. The van der Waals surface area contributed by atoms with Crippen LogP contribution in [0.15, 0.2) is 28.7 Å². The normalized spacial score (nSPS) is 16.5. The van der Waals surface area contributed by atoms with E-state index >= 15 is 0 Å². The molecule has 3 rings (SSSR count). The molecule has 1 amide bonds. The first-order chi connectivity index (χ1) is 12.0. The molecule has 1 atom stereocenters. The Morgan fingerprint density at radius 3 is 2.84 bits per heavy atom. The van der Waals surface area contributed by atoms with Gasteiger partial charge in [-0.25, -0.2) is 9.18 Å². The largest absolute Gasteiger partial charge is 0.493 e. The van der Waals surface area contributed by atoms with Gasteiger partial charge in [0.1, 0.15) is 22.9 Å². The molecule has 1 unspecified atom stereocenters. The second-order valence-corrected chi connectivity index (χ2v) is 5.81. The van der Waals surface area contributed by atoms with Crippen LogP contribution in [0.25, 0.3) is 0 Å². The van der Waals surface area contributed by atoms with Gasteiger partial charge in [-0.3, -0.25) is 4.79 Å². The van der Waals surface area contributed by atoms with Crippen molar-refractivity contribution < 1.29 is 28.2 Å². The van der Waals surface area contributed by atoms with E-state index in [1.165, 1.54) is 18.2 Å². The molecular formula is C18H18FNO5. The fourth-order valence-corrected chi connectivity index (χ4v) is 2.91. The molecule has 0 fully saturated rings. The fourth-order valence-electron chi connectivity index (χ4n) is 2.91. The molecule has 1 aromatic heterocycles. The van der Waals surface area contributed by atoms with Crippen molar-refractivity contribution in [3.05, 3.63) is 52.7 Å². The first-order valence-corrected chi connectivity index (χ1v) is 8.08. The average Bonchev–Trinajstić information content (AvgIpc) is 2.93. The Morgan fingerprint density at radius 1 is 1.36 bits per heavy atom. The van der Waals surface area contributed by atoms with Gasteiger partial charge in [0.2, 0.25) is 0 Å². The number of carbonyl (C=O) groups excluding carboxylic acids is 1. The molecule has 0 radical (unpaired) electrons. The summed E-state index contributed by atoms with van der Waals surface area (Å²) in [6, 6.07) is 5.06. The molecule has 1 aromatic carbocycles. The van der Waals surface area contributed by atoms with Crippen molar-refractivity contribution in [2.75, 3.05) is 6.61 Å². The summed E-state index contributed by atoms with van der Waals surface area (Å²) in [4.78, 5) is 23.7. The van der Waals surface area contributed by atoms with Gasteiger partial charge < -0.3 is 19.6 Å². The first kappa shape index (κ1) is 17.0. The lowest BCUT2D eigenvalue weighted by Crippen LogP contribution is -2.28. The molecule has 2 N–H and O–H groups in total. The number of ether oxygens (including phenoxy) is 1. The van der Waals surface area contributed by atoms with Gasteiger partial charge in [-0.15, -0.1) is 0 Å². The minimum absolute atomic E-state index is 0.0145. The molecule has 6 nitrogen and oxygen atoms in total. The SMILES string of the molecule is CCc1oc(C(=O)NC2CCCOc3cc(F)ccc32)cc1C(=O)O. The van der Waals surface area contributed by atoms with Crippen molar-refractivity contribution in [3.63, 3.8) is 0 Å². The van der Waals surface area contributed by atoms with E-state index in [4.69, 9.17) is 14.3 Å². The highest BCUT2D eigenvalue weighted by Crippen LogP contribution is 2.32. The molecular weight excluding hydrogens is 329 g/mol. The summed E-state index contributed by atoms with van der Waals surface area (Å²) in [6.45, 7) is 2.19. The van der Waals surface area contributed by atoms with Gasteiger partial charge in [0.05, 0.1) is 12.6 Å². The lowest BCUT2D eigenvalue weighted by Gasteiger charge is -2.17. The Labute approximate surface area is 143 Å². The highest BCUT2D eigenvalue weighted by molar-refractivity contribution is 5.96. The van der Waals surface area contributed by atoms with Gasteiger partial charge in [0.15, 0.2) is 5.76 Å². The number of furan rings is 1. The zero-order chi connectivity index (χ0) is 18.0. The number of carboxylic acid groups (broad SMARTS) is 1. The molecule has 132 valence electrons. The number of halogens is 1. The highest BCUT2D eigenvalue weighted by atomic mass is 19.1. The number of fused-ring (bicyclic) bond motifs is 1. The number of amides is 1. The maximum Gasteiger partial charge on any atom is 0.339 e. The van der Waals surface area contributed by atoms with Crippen molar-refractivity contribution in [1.29, 1.82) is 0 Å². The van der Waals surface area contributed by atoms with Crippen LogP contribution in [0.1, 0.15) is 58.0 Å². The van der Waals surface area contributed by atoms with Crippen LogP contribution in [-0.4, -0.2) is 23.6 Å². The molecule has 0 bridgehead atoms. The van der Waals surface area contributed by atoms with Gasteiger partial charge in [-0.2, -0.15) is 0 Å². The third-order valence-electron chi connectivity index (χ3n) is 4.14. The molecule has 2 heterocycles. The van der Waals surface area contributed by atoms with E-state index in [-0.39, 0.29) is 23.1 Å². The van der Waals surface area contributed by atoms with Crippen molar-refractivity contribution in [2.24, 2.45) is 0 Å². The number of aryl methyl sites for hydroxylation is 1. The van der Waals surface area contributed by atoms with Crippen LogP contribution in [0, 0.1) is 5.82 Å². The maximum atomic E-state index is 13.4. The molecule has 1 aliphatic rings. The Hall–Kier alpha value is -2.83. The molecule has 0 saturated heterocycles. The monoisotopic (exact) mass is 347 g/mol. The third kappa shape index (κ3) is 3.50. The van der Waals surface area contributed by atoms with Crippen LogP contribution in [0.4, 0.5) is 4.39 Å². The van der Waals surface area contributed by atoms with Crippen molar-refractivity contribution in [2.45, 2.75) is 32.2 Å². The van der Waals surface area contributed by atoms with Crippen LogP contribution in [0.3, 0.4) is 0 Å². The van der Waals surface area contributed by atoms with Gasteiger partial charge in [0.25, 0.3) is 5.91 Å². The van der Waals surface area contributed by atoms with E-state index in [9.17, 15) is 14.0 Å². The van der Waals surface area contributed by atoms with Crippen molar-refractivity contribution >= 4 is 11.9 Å². The van der Waals surface area contributed by atoms with Gasteiger partial charge in [-0.05, 0) is 18.9 Å². The van der Waals surface area contributed by atoms with Crippen molar-refractivity contribution in [3.8, 4) is 5.75 Å². The van der Waals surface area contributed by atoms with Crippen molar-refractivity contribution in [1.82, 2.24) is 5.32 Å². The van der Waals surface area contributed by atoms with Gasteiger partial charge >= 0.3 is 5.97 Å². The van der Waals surface area contributed by atoms with E-state index in [1.807, 2.05) is 0 Å². The summed E-state index contributed by atoms with van der Waals surface area (Å²) in [6.07, 6.45) is 1.69. The number of nitrogens with one attached hydrogen (secondary N) is 1. The van der Waals surface area contributed by atoms with E-state index in [0.717, 1.165) is 0 Å². The Bertz CT molecular complexity index is 814. The summed E-state index contributed by atoms with van der Waals surface area (Å²) < 4.78 is 24.3. The minimum atomic E-state index is -1.14.